The first kappa shape index (κ1) is 16.4. The number of halogens is 1. The number of aromatic nitrogens is 3. The van der Waals surface area contributed by atoms with Crippen LogP contribution in [0.2, 0.25) is 5.02 Å². The van der Waals surface area contributed by atoms with Crippen LogP contribution in [0.15, 0.2) is 30.5 Å². The van der Waals surface area contributed by atoms with Crippen LogP contribution in [0.3, 0.4) is 0 Å². The molecule has 1 fully saturated rings. The number of hydrogen-bond acceptors (Lipinski definition) is 4. The van der Waals surface area contributed by atoms with Gasteiger partial charge < -0.3 is 9.80 Å². The summed E-state index contributed by atoms with van der Waals surface area (Å²) in [6.07, 6.45) is 1.58. The second-order valence-corrected chi connectivity index (χ2v) is 6.23. The predicted molar refractivity (Wildman–Crippen MR) is 88.7 cm³/mol. The number of benzene rings is 1. The average molecular weight is 348 g/mol. The number of rotatable bonds is 3. The molecule has 0 aliphatic carbocycles. The Morgan fingerprint density at radius 3 is 2.83 bits per heavy atom. The van der Waals surface area contributed by atoms with Gasteiger partial charge in [0.15, 0.2) is 5.69 Å². The highest BCUT2D eigenvalue weighted by atomic mass is 35.5. The first-order valence-corrected chi connectivity index (χ1v) is 8.04. The highest BCUT2D eigenvalue weighted by molar-refractivity contribution is 6.31. The van der Waals surface area contributed by atoms with Crippen molar-refractivity contribution in [1.82, 2.24) is 24.8 Å². The minimum atomic E-state index is -0.495. The summed E-state index contributed by atoms with van der Waals surface area (Å²) in [4.78, 5) is 27.8. The predicted octanol–water partition coefficient (Wildman–Crippen LogP) is 1.28. The lowest BCUT2D eigenvalue weighted by Gasteiger charge is -2.36. The topological polar surface area (TPSA) is 71.3 Å². The van der Waals surface area contributed by atoms with E-state index in [0.29, 0.717) is 24.7 Å². The molecule has 7 nitrogen and oxygen atoms in total. The second-order valence-electron chi connectivity index (χ2n) is 5.83. The van der Waals surface area contributed by atoms with Crippen molar-refractivity contribution >= 4 is 23.4 Å². The van der Waals surface area contributed by atoms with E-state index in [1.54, 1.807) is 35.8 Å². The molecule has 1 saturated heterocycles. The summed E-state index contributed by atoms with van der Waals surface area (Å²) in [5.41, 5.74) is 1.12. The minimum Gasteiger partial charge on any atom is -0.342 e. The van der Waals surface area contributed by atoms with E-state index in [4.69, 9.17) is 11.6 Å². The molecule has 0 saturated carbocycles. The van der Waals surface area contributed by atoms with Crippen LogP contribution in [-0.2, 0) is 11.3 Å². The van der Waals surface area contributed by atoms with Gasteiger partial charge in [-0.15, -0.1) is 5.10 Å². The Morgan fingerprint density at radius 1 is 1.33 bits per heavy atom. The quantitative estimate of drug-likeness (QED) is 0.838. The number of hydrogen-bond donors (Lipinski definition) is 0. The molecule has 2 aromatic rings. The lowest BCUT2D eigenvalue weighted by Crippen LogP contribution is -2.56. The van der Waals surface area contributed by atoms with Crippen molar-refractivity contribution in [2.75, 3.05) is 20.1 Å². The molecule has 2 amide bonds. The van der Waals surface area contributed by atoms with Crippen LogP contribution in [-0.4, -0.2) is 62.8 Å². The summed E-state index contributed by atoms with van der Waals surface area (Å²) in [6, 6.07) is 6.95. The van der Waals surface area contributed by atoms with E-state index in [9.17, 15) is 9.59 Å². The lowest BCUT2D eigenvalue weighted by atomic mass is 10.1. The van der Waals surface area contributed by atoms with Crippen LogP contribution in [0.1, 0.15) is 23.0 Å². The maximum absolute atomic E-state index is 12.6. The van der Waals surface area contributed by atoms with E-state index < -0.39 is 6.04 Å². The Morgan fingerprint density at radius 2 is 2.08 bits per heavy atom. The first-order valence-electron chi connectivity index (χ1n) is 7.67. The second kappa shape index (κ2) is 6.60. The molecule has 24 heavy (non-hydrogen) atoms. The Labute approximate surface area is 144 Å². The normalized spacial score (nSPS) is 18.1. The van der Waals surface area contributed by atoms with Gasteiger partial charge in [-0.25, -0.2) is 4.68 Å². The van der Waals surface area contributed by atoms with Gasteiger partial charge in [0.2, 0.25) is 5.91 Å². The van der Waals surface area contributed by atoms with Crippen molar-refractivity contribution in [3.63, 3.8) is 0 Å². The van der Waals surface area contributed by atoms with Crippen molar-refractivity contribution < 1.29 is 9.59 Å². The van der Waals surface area contributed by atoms with Gasteiger partial charge in [-0.1, -0.05) is 35.0 Å². The summed E-state index contributed by atoms with van der Waals surface area (Å²) >= 11 is 6.14. The zero-order valence-corrected chi connectivity index (χ0v) is 14.3. The molecule has 0 spiro atoms. The van der Waals surface area contributed by atoms with Gasteiger partial charge in [0, 0.05) is 25.2 Å². The molecular weight excluding hydrogens is 330 g/mol. The monoisotopic (exact) mass is 347 g/mol. The molecule has 0 bridgehead atoms. The van der Waals surface area contributed by atoms with Gasteiger partial charge in [0.05, 0.1) is 12.7 Å². The summed E-state index contributed by atoms with van der Waals surface area (Å²) in [5.74, 6) is -0.354. The average Bonchev–Trinajstić information content (AvgIpc) is 3.03. The maximum Gasteiger partial charge on any atom is 0.276 e. The highest BCUT2D eigenvalue weighted by Crippen LogP contribution is 2.17. The SMILES string of the molecule is C[C@H]1C(=O)N(C)CCN1C(=O)c1cn(Cc2ccccc2Cl)nn1. The molecule has 126 valence electrons. The number of carbonyl (C=O) groups excluding carboxylic acids is 2. The van der Waals surface area contributed by atoms with Crippen LogP contribution >= 0.6 is 11.6 Å². The third-order valence-electron chi connectivity index (χ3n) is 4.19. The molecule has 3 rings (SSSR count). The van der Waals surface area contributed by atoms with Gasteiger partial charge in [-0.2, -0.15) is 0 Å². The molecule has 1 aromatic carbocycles. The standard InChI is InChI=1S/C16H18ClN5O2/c1-11-15(23)20(2)7-8-22(11)16(24)14-10-21(19-18-14)9-12-5-3-4-6-13(12)17/h3-6,10-11H,7-9H2,1-2H3/t11-/m0/s1. The molecule has 8 heteroatoms. The maximum atomic E-state index is 12.6. The Hall–Kier alpha value is -2.41. The van der Waals surface area contributed by atoms with Gasteiger partial charge in [0.25, 0.3) is 5.91 Å². The Bertz CT molecular complexity index is 775. The van der Waals surface area contributed by atoms with E-state index in [1.807, 2.05) is 18.2 Å². The number of amides is 2. The third kappa shape index (κ3) is 3.12. The van der Waals surface area contributed by atoms with Crippen molar-refractivity contribution in [1.29, 1.82) is 0 Å². The van der Waals surface area contributed by atoms with Gasteiger partial charge in [0.1, 0.15) is 6.04 Å². The summed E-state index contributed by atoms with van der Waals surface area (Å²) in [6.45, 7) is 3.16. The summed E-state index contributed by atoms with van der Waals surface area (Å²) in [7, 11) is 1.74. The van der Waals surface area contributed by atoms with Gasteiger partial charge in [-0.05, 0) is 18.6 Å². The fourth-order valence-corrected chi connectivity index (χ4v) is 2.91. The van der Waals surface area contributed by atoms with E-state index in [1.165, 1.54) is 4.90 Å². The molecule has 1 atom stereocenters. The van der Waals surface area contributed by atoms with Crippen LogP contribution < -0.4 is 0 Å². The van der Waals surface area contributed by atoms with Gasteiger partial charge in [-0.3, -0.25) is 9.59 Å². The summed E-state index contributed by atoms with van der Waals surface area (Å²) in [5, 5.41) is 8.58. The smallest absolute Gasteiger partial charge is 0.276 e. The van der Waals surface area contributed by atoms with Crippen molar-refractivity contribution in [2.45, 2.75) is 19.5 Å². The molecule has 0 N–H and O–H groups in total. The minimum absolute atomic E-state index is 0.0712. The molecular formula is C16H18ClN5O2. The molecule has 1 aliphatic heterocycles. The highest BCUT2D eigenvalue weighted by Gasteiger charge is 2.34. The van der Waals surface area contributed by atoms with Crippen LogP contribution in [0.5, 0.6) is 0 Å². The Balaban J connectivity index is 1.74. The Kier molecular flexibility index (Phi) is 4.53. The molecule has 1 aromatic heterocycles. The van der Waals surface area contributed by atoms with E-state index in [-0.39, 0.29) is 17.5 Å². The molecule has 0 unspecified atom stereocenters. The van der Waals surface area contributed by atoms with Crippen molar-refractivity contribution in [3.05, 3.63) is 46.7 Å². The van der Waals surface area contributed by atoms with E-state index in [2.05, 4.69) is 10.3 Å². The molecule has 2 heterocycles. The largest absolute Gasteiger partial charge is 0.342 e. The first-order chi connectivity index (χ1) is 11.5. The van der Waals surface area contributed by atoms with Crippen LogP contribution in [0.25, 0.3) is 0 Å². The fourth-order valence-electron chi connectivity index (χ4n) is 2.71. The van der Waals surface area contributed by atoms with Crippen LogP contribution in [0, 0.1) is 0 Å². The number of likely N-dealkylation sites (N-methyl/N-ethyl adjacent to an activating group) is 1. The third-order valence-corrected chi connectivity index (χ3v) is 4.55. The number of carbonyl (C=O) groups is 2. The van der Waals surface area contributed by atoms with Gasteiger partial charge >= 0.3 is 0 Å². The fraction of sp³-hybridized carbons (Fsp3) is 0.375. The molecule has 0 radical (unpaired) electrons. The number of piperazine rings is 1. The van der Waals surface area contributed by atoms with E-state index in [0.717, 1.165) is 5.56 Å². The number of nitrogens with zero attached hydrogens (tertiary/aromatic N) is 5. The van der Waals surface area contributed by atoms with E-state index >= 15 is 0 Å². The van der Waals surface area contributed by atoms with Crippen molar-refractivity contribution in [3.8, 4) is 0 Å². The molecule has 1 aliphatic rings. The zero-order chi connectivity index (χ0) is 17.3. The zero-order valence-electron chi connectivity index (χ0n) is 13.5. The van der Waals surface area contributed by atoms with Crippen LogP contribution in [0.4, 0.5) is 0 Å². The van der Waals surface area contributed by atoms with Crippen molar-refractivity contribution in [2.24, 2.45) is 0 Å². The summed E-state index contributed by atoms with van der Waals surface area (Å²) < 4.78 is 1.57. The lowest BCUT2D eigenvalue weighted by molar-refractivity contribution is -0.137.